The summed E-state index contributed by atoms with van der Waals surface area (Å²) in [7, 11) is 1.51. The molecule has 5 heteroatoms. The van der Waals surface area contributed by atoms with Gasteiger partial charge in [0, 0.05) is 13.6 Å². The summed E-state index contributed by atoms with van der Waals surface area (Å²) in [5, 5.41) is 3.03. The number of hydrogen-bond acceptors (Lipinski definition) is 4. The van der Waals surface area contributed by atoms with Crippen LogP contribution in [0, 0.1) is 0 Å². The lowest BCUT2D eigenvalue weighted by atomic mass is 10.2. The summed E-state index contributed by atoms with van der Waals surface area (Å²) in [6.07, 6.45) is 0.237. The molecule has 0 bridgehead atoms. The number of para-hydroxylation sites is 1. The quantitative estimate of drug-likeness (QED) is 0.606. The summed E-state index contributed by atoms with van der Waals surface area (Å²) < 4.78 is 5.48. The lowest BCUT2D eigenvalue weighted by molar-refractivity contribution is -0.137. The third-order valence-corrected chi connectivity index (χ3v) is 2.89. The number of ether oxygens (including phenoxy) is 1. The fraction of sp³-hybridized carbons (Fsp3) is 0.385. The summed E-state index contributed by atoms with van der Waals surface area (Å²) in [4.78, 5) is 24.0. The van der Waals surface area contributed by atoms with E-state index in [1.807, 2.05) is 30.3 Å². The fourth-order valence-electron chi connectivity index (χ4n) is 1.83. The Morgan fingerprint density at radius 1 is 1.33 bits per heavy atom. The zero-order valence-electron chi connectivity index (χ0n) is 10.3. The Hall–Kier alpha value is -1.88. The van der Waals surface area contributed by atoms with Crippen LogP contribution in [-0.2, 0) is 9.59 Å². The number of carbonyl (C=O) groups is 2. The van der Waals surface area contributed by atoms with Gasteiger partial charge in [-0.2, -0.15) is 0 Å². The summed E-state index contributed by atoms with van der Waals surface area (Å²) in [6.45, 7) is 0.998. The van der Waals surface area contributed by atoms with Gasteiger partial charge in [-0.25, -0.2) is 0 Å². The predicted octanol–water partition coefficient (Wildman–Crippen LogP) is 0.412. The second-order valence-corrected chi connectivity index (χ2v) is 4.16. The molecule has 0 saturated carbocycles. The average molecular weight is 248 g/mol. The van der Waals surface area contributed by atoms with Crippen molar-refractivity contribution >= 4 is 11.8 Å². The van der Waals surface area contributed by atoms with Gasteiger partial charge in [0.15, 0.2) is 0 Å². The van der Waals surface area contributed by atoms with E-state index in [-0.39, 0.29) is 18.2 Å². The average Bonchev–Trinajstić information content (AvgIpc) is 2.64. The van der Waals surface area contributed by atoms with E-state index in [2.05, 4.69) is 5.32 Å². The third kappa shape index (κ3) is 2.87. The Morgan fingerprint density at radius 2 is 2.06 bits per heavy atom. The highest BCUT2D eigenvalue weighted by atomic mass is 16.5. The minimum absolute atomic E-state index is 0.138. The van der Waals surface area contributed by atoms with E-state index < -0.39 is 6.04 Å². The summed E-state index contributed by atoms with van der Waals surface area (Å²) in [5.41, 5.74) is 0. The van der Waals surface area contributed by atoms with E-state index in [0.717, 1.165) is 10.6 Å². The number of likely N-dealkylation sites (N-methyl/N-ethyl adjacent to an activating group) is 1. The van der Waals surface area contributed by atoms with Crippen LogP contribution in [0.2, 0.25) is 0 Å². The second-order valence-electron chi connectivity index (χ2n) is 4.16. The molecule has 0 aliphatic carbocycles. The molecule has 96 valence electrons. The molecule has 0 radical (unpaired) electrons. The minimum atomic E-state index is -0.401. The van der Waals surface area contributed by atoms with Crippen LogP contribution in [-0.4, -0.2) is 43.0 Å². The molecule has 1 aliphatic rings. The van der Waals surface area contributed by atoms with Crippen LogP contribution in [0.15, 0.2) is 30.3 Å². The Kier molecular flexibility index (Phi) is 3.94. The van der Waals surface area contributed by atoms with Crippen LogP contribution >= 0.6 is 0 Å². The summed E-state index contributed by atoms with van der Waals surface area (Å²) in [5.74, 6) is 0.492. The molecule has 0 spiro atoms. The zero-order chi connectivity index (χ0) is 13.0. The van der Waals surface area contributed by atoms with Crippen molar-refractivity contribution in [1.29, 1.82) is 0 Å². The number of hydrogen-bond donors (Lipinski definition) is 1. The number of rotatable bonds is 5. The highest BCUT2D eigenvalue weighted by molar-refractivity contribution is 6.05. The van der Waals surface area contributed by atoms with Crippen LogP contribution in [0.25, 0.3) is 0 Å². The zero-order valence-corrected chi connectivity index (χ0v) is 10.3. The molecule has 1 saturated heterocycles. The van der Waals surface area contributed by atoms with Gasteiger partial charge in [0.2, 0.25) is 11.8 Å². The van der Waals surface area contributed by atoms with E-state index >= 15 is 0 Å². The maximum Gasteiger partial charge on any atom is 0.246 e. The summed E-state index contributed by atoms with van der Waals surface area (Å²) in [6, 6.07) is 9.06. The Labute approximate surface area is 106 Å². The maximum atomic E-state index is 11.6. The summed E-state index contributed by atoms with van der Waals surface area (Å²) >= 11 is 0. The van der Waals surface area contributed by atoms with Crippen molar-refractivity contribution in [2.24, 2.45) is 0 Å². The molecular formula is C13H16N2O3. The molecule has 1 aromatic rings. The number of nitrogens with one attached hydrogen (secondary N) is 1. The van der Waals surface area contributed by atoms with Crippen molar-refractivity contribution in [3.63, 3.8) is 0 Å². The van der Waals surface area contributed by atoms with Crippen molar-refractivity contribution in [2.75, 3.05) is 20.2 Å². The molecule has 1 N–H and O–H groups in total. The van der Waals surface area contributed by atoms with Crippen LogP contribution in [0.4, 0.5) is 0 Å². The first-order chi connectivity index (χ1) is 8.68. The molecule has 1 aliphatic heterocycles. The second kappa shape index (κ2) is 5.64. The first-order valence-corrected chi connectivity index (χ1v) is 5.90. The van der Waals surface area contributed by atoms with Crippen LogP contribution in [0.3, 0.4) is 0 Å². The highest BCUT2D eigenvalue weighted by Crippen LogP contribution is 2.10. The van der Waals surface area contributed by atoms with Gasteiger partial charge in [-0.1, -0.05) is 18.2 Å². The van der Waals surface area contributed by atoms with Gasteiger partial charge in [-0.05, 0) is 12.1 Å². The van der Waals surface area contributed by atoms with E-state index in [9.17, 15) is 9.59 Å². The van der Waals surface area contributed by atoms with E-state index in [4.69, 9.17) is 4.74 Å². The lowest BCUT2D eigenvalue weighted by Gasteiger charge is -2.11. The Balaban J connectivity index is 1.70. The van der Waals surface area contributed by atoms with Crippen molar-refractivity contribution in [2.45, 2.75) is 12.5 Å². The first-order valence-electron chi connectivity index (χ1n) is 5.90. The van der Waals surface area contributed by atoms with E-state index in [1.165, 1.54) is 7.05 Å². The van der Waals surface area contributed by atoms with Gasteiger partial charge >= 0.3 is 0 Å². The van der Waals surface area contributed by atoms with Crippen molar-refractivity contribution in [3.8, 4) is 5.75 Å². The molecule has 0 aromatic heterocycles. The molecule has 2 amide bonds. The molecular weight excluding hydrogens is 232 g/mol. The third-order valence-electron chi connectivity index (χ3n) is 2.89. The molecule has 1 aromatic carbocycles. The van der Waals surface area contributed by atoms with Crippen LogP contribution in [0.5, 0.6) is 5.75 Å². The fourth-order valence-corrected chi connectivity index (χ4v) is 1.83. The van der Waals surface area contributed by atoms with Gasteiger partial charge in [0.25, 0.3) is 0 Å². The van der Waals surface area contributed by atoms with E-state index in [1.54, 1.807) is 0 Å². The van der Waals surface area contributed by atoms with Gasteiger partial charge in [0.05, 0.1) is 12.5 Å². The van der Waals surface area contributed by atoms with Crippen LogP contribution in [0.1, 0.15) is 6.42 Å². The molecule has 1 atom stereocenters. The normalized spacial score (nSPS) is 19.4. The topological polar surface area (TPSA) is 58.6 Å². The van der Waals surface area contributed by atoms with Gasteiger partial charge < -0.3 is 10.1 Å². The number of likely N-dealkylation sites (tertiary alicyclic amines) is 1. The lowest BCUT2D eigenvalue weighted by Crippen LogP contribution is -2.39. The maximum absolute atomic E-state index is 11.6. The number of amides is 2. The first kappa shape index (κ1) is 12.6. The smallest absolute Gasteiger partial charge is 0.246 e. The Morgan fingerprint density at radius 3 is 2.67 bits per heavy atom. The molecule has 2 rings (SSSR count). The van der Waals surface area contributed by atoms with Crippen molar-refractivity contribution in [1.82, 2.24) is 10.2 Å². The minimum Gasteiger partial charge on any atom is -0.492 e. The standard InChI is InChI=1S/C13H16N2O3/c1-15-12(16)9-11(13(15)17)14-7-8-18-10-5-3-2-4-6-10/h2-6,11,14H,7-9H2,1H3. The number of carbonyl (C=O) groups excluding carboxylic acids is 2. The van der Waals surface area contributed by atoms with Gasteiger partial charge in [0.1, 0.15) is 12.4 Å². The van der Waals surface area contributed by atoms with Gasteiger partial charge in [-0.15, -0.1) is 0 Å². The van der Waals surface area contributed by atoms with Crippen molar-refractivity contribution < 1.29 is 14.3 Å². The van der Waals surface area contributed by atoms with Gasteiger partial charge in [-0.3, -0.25) is 14.5 Å². The van der Waals surface area contributed by atoms with Crippen molar-refractivity contribution in [3.05, 3.63) is 30.3 Å². The Bertz CT molecular complexity index is 433. The number of nitrogens with zero attached hydrogens (tertiary/aromatic N) is 1. The molecule has 18 heavy (non-hydrogen) atoms. The highest BCUT2D eigenvalue weighted by Gasteiger charge is 2.35. The monoisotopic (exact) mass is 248 g/mol. The molecule has 1 unspecified atom stereocenters. The predicted molar refractivity (Wildman–Crippen MR) is 66.1 cm³/mol. The number of benzene rings is 1. The number of imide groups is 1. The van der Waals surface area contributed by atoms with E-state index in [0.29, 0.717) is 13.2 Å². The SMILES string of the molecule is CN1C(=O)CC(NCCOc2ccccc2)C1=O. The largest absolute Gasteiger partial charge is 0.492 e. The molecule has 5 nitrogen and oxygen atoms in total. The molecule has 1 heterocycles. The van der Waals surface area contributed by atoms with Crippen LogP contribution < -0.4 is 10.1 Å². The molecule has 1 fully saturated rings.